The maximum atomic E-state index is 12.5. The molecule has 4 rings (SSSR count). The van der Waals surface area contributed by atoms with E-state index in [-0.39, 0.29) is 11.5 Å². The summed E-state index contributed by atoms with van der Waals surface area (Å²) in [5.41, 5.74) is 1.18. The highest BCUT2D eigenvalue weighted by molar-refractivity contribution is 7.99. The summed E-state index contributed by atoms with van der Waals surface area (Å²) < 4.78 is 0. The molecule has 0 spiro atoms. The Morgan fingerprint density at radius 3 is 2.83 bits per heavy atom. The lowest BCUT2D eigenvalue weighted by molar-refractivity contribution is -0.118. The van der Waals surface area contributed by atoms with Crippen LogP contribution >= 0.6 is 23.1 Å². The molecule has 0 aromatic carbocycles. The normalized spacial score (nSPS) is 17.4. The number of aromatic amines is 1. The van der Waals surface area contributed by atoms with E-state index in [0.717, 1.165) is 49.0 Å². The van der Waals surface area contributed by atoms with Gasteiger partial charge in [-0.25, -0.2) is 4.98 Å². The van der Waals surface area contributed by atoms with Gasteiger partial charge in [0.25, 0.3) is 5.56 Å². The molecule has 1 fully saturated rings. The van der Waals surface area contributed by atoms with E-state index in [9.17, 15) is 9.59 Å². The van der Waals surface area contributed by atoms with Crippen molar-refractivity contribution in [2.45, 2.75) is 57.1 Å². The predicted molar refractivity (Wildman–Crippen MR) is 121 cm³/mol. The zero-order chi connectivity index (χ0) is 20.1. The van der Waals surface area contributed by atoms with E-state index in [0.29, 0.717) is 17.3 Å². The van der Waals surface area contributed by atoms with Crippen molar-refractivity contribution >= 4 is 39.2 Å². The maximum Gasteiger partial charge on any atom is 0.259 e. The average molecular weight is 435 g/mol. The van der Waals surface area contributed by atoms with Gasteiger partial charge in [-0.1, -0.05) is 12.8 Å². The maximum absolute atomic E-state index is 12.5. The van der Waals surface area contributed by atoms with Crippen LogP contribution in [0.1, 0.15) is 54.8 Å². The molecule has 3 heterocycles. The van der Waals surface area contributed by atoms with Gasteiger partial charge in [-0.2, -0.15) is 0 Å². The fourth-order valence-electron chi connectivity index (χ4n) is 4.30. The van der Waals surface area contributed by atoms with Crippen molar-refractivity contribution < 1.29 is 4.79 Å². The topological polar surface area (TPSA) is 78.1 Å². The molecule has 2 N–H and O–H groups in total. The fraction of sp³-hybridized carbons (Fsp3) is 0.667. The van der Waals surface area contributed by atoms with Crippen molar-refractivity contribution in [1.82, 2.24) is 20.2 Å². The molecule has 0 unspecified atom stereocenters. The smallest absolute Gasteiger partial charge is 0.259 e. The molecule has 0 bridgehead atoms. The Hall–Kier alpha value is -1.38. The summed E-state index contributed by atoms with van der Waals surface area (Å²) in [6, 6.07) is 0. The molecular weight excluding hydrogens is 404 g/mol. The Bertz CT molecular complexity index is 900. The Morgan fingerprint density at radius 1 is 1.17 bits per heavy atom. The van der Waals surface area contributed by atoms with E-state index in [1.54, 1.807) is 11.3 Å². The Balaban J connectivity index is 1.18. The highest BCUT2D eigenvalue weighted by atomic mass is 32.2. The quantitative estimate of drug-likeness (QED) is 0.624. The summed E-state index contributed by atoms with van der Waals surface area (Å²) in [5, 5.41) is 3.80. The van der Waals surface area contributed by atoms with Gasteiger partial charge in [-0.15, -0.1) is 23.1 Å². The summed E-state index contributed by atoms with van der Waals surface area (Å²) in [5.74, 6) is 1.67. The summed E-state index contributed by atoms with van der Waals surface area (Å²) >= 11 is 3.16. The van der Waals surface area contributed by atoms with Gasteiger partial charge >= 0.3 is 0 Å². The van der Waals surface area contributed by atoms with Crippen LogP contribution in [0.5, 0.6) is 0 Å². The second kappa shape index (κ2) is 10.1. The Labute approximate surface area is 179 Å². The molecule has 2 aromatic rings. The van der Waals surface area contributed by atoms with Crippen LogP contribution in [-0.2, 0) is 23.4 Å². The summed E-state index contributed by atoms with van der Waals surface area (Å²) in [4.78, 5) is 36.8. The number of aromatic nitrogens is 2. The molecule has 1 aliphatic heterocycles. The zero-order valence-corrected chi connectivity index (χ0v) is 18.6. The first kappa shape index (κ1) is 20.9. The minimum absolute atomic E-state index is 0.0250. The van der Waals surface area contributed by atoms with Crippen molar-refractivity contribution in [1.29, 1.82) is 0 Å². The molecule has 2 aromatic heterocycles. The minimum Gasteiger partial charge on any atom is -0.355 e. The third-order valence-electron chi connectivity index (χ3n) is 5.77. The first-order valence-electron chi connectivity index (χ1n) is 10.8. The van der Waals surface area contributed by atoms with Gasteiger partial charge in [-0.3, -0.25) is 9.59 Å². The van der Waals surface area contributed by atoms with Gasteiger partial charge in [0.15, 0.2) is 0 Å². The van der Waals surface area contributed by atoms with Crippen molar-refractivity contribution in [3.05, 3.63) is 26.6 Å². The van der Waals surface area contributed by atoms with E-state index < -0.39 is 0 Å². The Morgan fingerprint density at radius 2 is 2.00 bits per heavy atom. The van der Waals surface area contributed by atoms with Gasteiger partial charge in [0.2, 0.25) is 5.91 Å². The molecule has 1 amide bonds. The molecule has 29 heavy (non-hydrogen) atoms. The molecule has 1 aliphatic carbocycles. The number of thiophene rings is 1. The molecule has 0 atom stereocenters. The van der Waals surface area contributed by atoms with Gasteiger partial charge < -0.3 is 15.2 Å². The van der Waals surface area contributed by atoms with Gasteiger partial charge in [0, 0.05) is 11.4 Å². The first-order valence-corrected chi connectivity index (χ1v) is 12.8. The number of carbonyl (C=O) groups is 1. The molecule has 8 heteroatoms. The first-order chi connectivity index (χ1) is 14.2. The number of nitrogens with zero attached hydrogens (tertiary/aromatic N) is 2. The average Bonchev–Trinajstić information content (AvgIpc) is 3.17. The predicted octanol–water partition coefficient (Wildman–Crippen LogP) is 3.09. The lowest BCUT2D eigenvalue weighted by atomic mass is 10.2. The number of carbonyl (C=O) groups excluding carboxylic acids is 1. The standard InChI is InChI=1S/C21H30N4O2S2/c26-18(22-9-6-12-25-10-3-1-2-4-11-25)14-28-13-17-23-20(27)19-15-7-5-8-16(15)29-21(19)24-17/h1-14H2,(H,22,26)(H,23,24,27). The molecule has 158 valence electrons. The summed E-state index contributed by atoms with van der Waals surface area (Å²) in [7, 11) is 0. The van der Waals surface area contributed by atoms with Crippen LogP contribution in [0, 0.1) is 0 Å². The number of H-pyrrole nitrogens is 1. The molecular formula is C21H30N4O2S2. The van der Waals surface area contributed by atoms with E-state index in [1.165, 1.54) is 61.0 Å². The van der Waals surface area contributed by atoms with Crippen molar-refractivity contribution in [3.8, 4) is 0 Å². The molecule has 2 aliphatic rings. The number of aryl methyl sites for hydroxylation is 2. The second-order valence-electron chi connectivity index (χ2n) is 8.00. The monoisotopic (exact) mass is 434 g/mol. The molecule has 6 nitrogen and oxygen atoms in total. The van der Waals surface area contributed by atoms with E-state index >= 15 is 0 Å². The van der Waals surface area contributed by atoms with Gasteiger partial charge in [0.1, 0.15) is 10.7 Å². The number of hydrogen-bond acceptors (Lipinski definition) is 6. The van der Waals surface area contributed by atoms with Crippen molar-refractivity contribution in [2.75, 3.05) is 31.9 Å². The van der Waals surface area contributed by atoms with Crippen LogP contribution in [0.15, 0.2) is 4.79 Å². The lowest BCUT2D eigenvalue weighted by Gasteiger charge is -2.19. The third kappa shape index (κ3) is 5.41. The highest BCUT2D eigenvalue weighted by Crippen LogP contribution is 2.34. The number of hydrogen-bond donors (Lipinski definition) is 2. The van der Waals surface area contributed by atoms with Crippen LogP contribution in [0.2, 0.25) is 0 Å². The lowest BCUT2D eigenvalue weighted by Crippen LogP contribution is -2.31. The van der Waals surface area contributed by atoms with Crippen molar-refractivity contribution in [2.24, 2.45) is 0 Å². The third-order valence-corrected chi connectivity index (χ3v) is 7.90. The number of likely N-dealkylation sites (tertiary alicyclic amines) is 1. The SMILES string of the molecule is O=C(CSCc1nc2sc3c(c2c(=O)[nH]1)CCC3)NCCCN1CCCCCC1. The van der Waals surface area contributed by atoms with E-state index in [1.807, 2.05) is 0 Å². The summed E-state index contributed by atoms with van der Waals surface area (Å²) in [6.07, 6.45) is 9.52. The van der Waals surface area contributed by atoms with E-state index in [2.05, 4.69) is 20.2 Å². The Kier molecular flexibility index (Phi) is 7.26. The van der Waals surface area contributed by atoms with Crippen LogP contribution in [0.25, 0.3) is 10.2 Å². The second-order valence-corrected chi connectivity index (χ2v) is 10.1. The minimum atomic E-state index is -0.0250. The van der Waals surface area contributed by atoms with Crippen LogP contribution in [-0.4, -0.2) is 52.7 Å². The van der Waals surface area contributed by atoms with Crippen molar-refractivity contribution in [3.63, 3.8) is 0 Å². The zero-order valence-electron chi connectivity index (χ0n) is 16.9. The van der Waals surface area contributed by atoms with Crippen LogP contribution in [0.3, 0.4) is 0 Å². The van der Waals surface area contributed by atoms with Gasteiger partial charge in [-0.05, 0) is 63.7 Å². The van der Waals surface area contributed by atoms with Crippen LogP contribution in [0.4, 0.5) is 0 Å². The highest BCUT2D eigenvalue weighted by Gasteiger charge is 2.21. The number of amides is 1. The largest absolute Gasteiger partial charge is 0.355 e. The number of fused-ring (bicyclic) bond motifs is 3. The number of thioether (sulfide) groups is 1. The number of nitrogens with one attached hydrogen (secondary N) is 2. The molecule has 0 radical (unpaired) electrons. The molecule has 1 saturated heterocycles. The summed E-state index contributed by atoms with van der Waals surface area (Å²) in [6.45, 7) is 4.21. The van der Waals surface area contributed by atoms with Gasteiger partial charge in [0.05, 0.1) is 16.9 Å². The fourth-order valence-corrected chi connectivity index (χ4v) is 6.30. The number of rotatable bonds is 8. The van der Waals surface area contributed by atoms with E-state index in [4.69, 9.17) is 0 Å². The molecule has 0 saturated carbocycles. The van der Waals surface area contributed by atoms with Crippen LogP contribution < -0.4 is 10.9 Å².